The highest BCUT2D eigenvalue weighted by atomic mass is 79.9. The summed E-state index contributed by atoms with van der Waals surface area (Å²) < 4.78 is 12.4. The third-order valence-electron chi connectivity index (χ3n) is 2.61. The molecule has 2 rings (SSSR count). The van der Waals surface area contributed by atoms with Crippen molar-refractivity contribution in [3.05, 3.63) is 35.8 Å². The van der Waals surface area contributed by atoms with Gasteiger partial charge in [0.25, 0.3) is 0 Å². The molecule has 0 atom stereocenters. The first-order valence-electron chi connectivity index (χ1n) is 5.37. The quantitative estimate of drug-likeness (QED) is 0.174. The predicted octanol–water partition coefficient (Wildman–Crippen LogP) is 10.2. The van der Waals surface area contributed by atoms with E-state index in [2.05, 4.69) is 153 Å². The number of hydrogen-bond donors (Lipinski definition) is 2. The first-order chi connectivity index (χ1) is 10.6. The summed E-state index contributed by atoms with van der Waals surface area (Å²) in [7, 11) is 0. The molecule has 0 aliphatic carbocycles. The molecule has 0 amide bonds. The molecule has 0 fully saturated rings. The minimum absolute atomic E-state index is 0.549. The van der Waals surface area contributed by atoms with E-state index in [1.54, 1.807) is 0 Å². The third kappa shape index (κ3) is 4.29. The molecule has 0 aromatic heterocycles. The molecule has 0 N–H and O–H groups in total. The Hall–Kier alpha value is 2.78. The van der Waals surface area contributed by atoms with Crippen LogP contribution in [0.2, 0.25) is 0 Å². The normalized spacial score (nSPS) is 11.0. The number of thiol groups is 2. The lowest BCUT2D eigenvalue weighted by Gasteiger charge is -2.18. The molecule has 0 saturated heterocycles. The van der Waals surface area contributed by atoms with Crippen LogP contribution in [-0.4, -0.2) is 0 Å². The summed E-state index contributed by atoms with van der Waals surface area (Å²) in [6.45, 7) is 0. The minimum atomic E-state index is 0.549. The summed E-state index contributed by atoms with van der Waals surface area (Å²) in [4.78, 5) is 1.28. The molecule has 0 saturated carbocycles. The van der Waals surface area contributed by atoms with E-state index in [0.717, 1.165) is 35.8 Å². The van der Waals surface area contributed by atoms with E-state index >= 15 is 0 Å². The second kappa shape index (κ2) is 8.86. The van der Waals surface area contributed by atoms with Crippen LogP contribution in [0.15, 0.2) is 45.6 Å². The van der Waals surface area contributed by atoms with Crippen molar-refractivity contribution in [3.8, 4) is 11.5 Å². The second-order valence-corrected chi connectivity index (χ2v) is 11.2. The van der Waals surface area contributed by atoms with Gasteiger partial charge in [-0.25, -0.2) is 0 Å². The molecule has 124 valence electrons. The van der Waals surface area contributed by atoms with Crippen molar-refractivity contribution in [2.24, 2.45) is 0 Å². The van der Waals surface area contributed by atoms with Gasteiger partial charge in [0.15, 0.2) is 11.5 Å². The van der Waals surface area contributed by atoms with Crippen LogP contribution in [0.5, 0.6) is 11.5 Å². The zero-order chi connectivity index (χ0) is 17.6. The monoisotopic (exact) mass is 857 g/mol. The van der Waals surface area contributed by atoms with Gasteiger partial charge in [-0.1, -0.05) is 0 Å². The lowest BCUT2D eigenvalue weighted by molar-refractivity contribution is 0.451. The van der Waals surface area contributed by atoms with Crippen molar-refractivity contribution in [1.29, 1.82) is 0 Å². The number of benzene rings is 2. The fourth-order valence-electron chi connectivity index (χ4n) is 1.49. The Kier molecular flexibility index (Phi) is 8.50. The first kappa shape index (κ1) is 22.1. The maximum atomic E-state index is 6.13. The van der Waals surface area contributed by atoms with E-state index in [4.69, 9.17) is 4.74 Å². The molecule has 1 nitrogen and oxygen atoms in total. The predicted molar refractivity (Wildman–Crippen MR) is 129 cm³/mol. The Morgan fingerprint density at radius 3 is 1.00 bits per heavy atom. The smallest absolute Gasteiger partial charge is 0.157 e. The van der Waals surface area contributed by atoms with Crippen LogP contribution in [-0.2, 0) is 0 Å². The van der Waals surface area contributed by atoms with E-state index in [9.17, 15) is 0 Å². The van der Waals surface area contributed by atoms with Crippen molar-refractivity contribution in [2.75, 3.05) is 0 Å². The average molecular weight is 866 g/mol. The summed E-state index contributed by atoms with van der Waals surface area (Å²) in [5, 5.41) is 0. The number of rotatable bonds is 2. The van der Waals surface area contributed by atoms with Crippen molar-refractivity contribution in [1.82, 2.24) is 0 Å². The average Bonchev–Trinajstić information content (AvgIpc) is 2.54. The van der Waals surface area contributed by atoms with E-state index in [0.29, 0.717) is 21.3 Å². The molecule has 0 aliphatic heterocycles. The molecule has 23 heavy (non-hydrogen) atoms. The number of halogens is 8. The van der Waals surface area contributed by atoms with Gasteiger partial charge in [0.2, 0.25) is 0 Å². The zero-order valence-electron chi connectivity index (χ0n) is 10.3. The van der Waals surface area contributed by atoms with Crippen LogP contribution in [0.1, 0.15) is 0 Å². The van der Waals surface area contributed by atoms with Gasteiger partial charge in [-0.05, 0) is 127 Å². The van der Waals surface area contributed by atoms with E-state index in [1.807, 2.05) is 0 Å². The van der Waals surface area contributed by atoms with Crippen molar-refractivity contribution < 1.29 is 4.74 Å². The highest BCUT2D eigenvalue weighted by Crippen LogP contribution is 2.53. The molecule has 2 aromatic carbocycles. The molecule has 2 aromatic rings. The summed E-state index contributed by atoms with van der Waals surface area (Å²) in [6, 6.07) is 0. The van der Waals surface area contributed by atoms with Crippen molar-refractivity contribution >= 4 is 153 Å². The maximum absolute atomic E-state index is 6.13. The van der Waals surface area contributed by atoms with Gasteiger partial charge in [0.1, 0.15) is 0 Å². The Morgan fingerprint density at radius 1 is 0.435 bits per heavy atom. The molecule has 0 bridgehead atoms. The Balaban J connectivity index is 2.71. The van der Waals surface area contributed by atoms with E-state index in [-0.39, 0.29) is 0 Å². The van der Waals surface area contributed by atoms with Crippen LogP contribution in [0.4, 0.5) is 0 Å². The maximum Gasteiger partial charge on any atom is 0.157 e. The number of hydrogen-bond acceptors (Lipinski definition) is 3. The third-order valence-corrected chi connectivity index (χ3v) is 13.5. The van der Waals surface area contributed by atoms with Gasteiger partial charge in [-0.2, -0.15) is 0 Å². The van der Waals surface area contributed by atoms with Gasteiger partial charge in [-0.15, -0.1) is 25.3 Å². The zero-order valence-corrected chi connectivity index (χ0v) is 24.8. The van der Waals surface area contributed by atoms with E-state index < -0.39 is 0 Å². The molecule has 0 radical (unpaired) electrons. The Morgan fingerprint density at radius 2 is 0.696 bits per heavy atom. The SMILES string of the molecule is Sc1c(Br)c(Br)c(Br)c(Br)c1Oc1c(S)c(Br)c(Br)c(Br)c1Br. The fraction of sp³-hybridized carbons (Fsp3) is 0. The highest BCUT2D eigenvalue weighted by molar-refractivity contribution is 9.15. The van der Waals surface area contributed by atoms with E-state index in [1.165, 1.54) is 0 Å². The minimum Gasteiger partial charge on any atom is -0.452 e. The van der Waals surface area contributed by atoms with Crippen LogP contribution in [0, 0.1) is 0 Å². The van der Waals surface area contributed by atoms with Gasteiger partial charge in [0, 0.05) is 8.95 Å². The highest BCUT2D eigenvalue weighted by Gasteiger charge is 2.23. The van der Waals surface area contributed by atoms with Gasteiger partial charge in [0.05, 0.1) is 36.6 Å². The molecule has 0 spiro atoms. The van der Waals surface area contributed by atoms with Crippen LogP contribution in [0.25, 0.3) is 0 Å². The van der Waals surface area contributed by atoms with Crippen LogP contribution in [0.3, 0.4) is 0 Å². The Bertz CT molecular complexity index is 698. The topological polar surface area (TPSA) is 9.23 Å². The molecular weight excluding hydrogens is 863 g/mol. The molecule has 0 aliphatic rings. The lowest BCUT2D eigenvalue weighted by atomic mass is 10.3. The largest absolute Gasteiger partial charge is 0.452 e. The van der Waals surface area contributed by atoms with Crippen LogP contribution >= 0.6 is 153 Å². The van der Waals surface area contributed by atoms with Crippen LogP contribution < -0.4 is 4.74 Å². The lowest BCUT2D eigenvalue weighted by Crippen LogP contribution is -1.95. The van der Waals surface area contributed by atoms with Gasteiger partial charge >= 0.3 is 0 Å². The Labute approximate surface area is 211 Å². The molecular formula is C12H2Br8OS2. The van der Waals surface area contributed by atoms with Crippen molar-refractivity contribution in [2.45, 2.75) is 9.79 Å². The molecule has 11 heteroatoms. The van der Waals surface area contributed by atoms with Gasteiger partial charge in [-0.3, -0.25) is 0 Å². The summed E-state index contributed by atoms with van der Waals surface area (Å²) in [5.41, 5.74) is 0. The number of ether oxygens (including phenoxy) is 1. The van der Waals surface area contributed by atoms with Gasteiger partial charge < -0.3 is 4.74 Å². The summed E-state index contributed by atoms with van der Waals surface area (Å²) in [5.74, 6) is 1.10. The summed E-state index contributed by atoms with van der Waals surface area (Å²) in [6.07, 6.45) is 0. The second-order valence-electron chi connectivity index (χ2n) is 3.97. The molecule has 0 heterocycles. The standard InChI is InChI=1S/C12H2Br8OS2/c13-1-3(15)7(19)11(22)9(5(1)17)21-10-6(18)2(14)4(16)8(20)12(10)23/h22-23H. The molecule has 0 unspecified atom stereocenters. The fourth-order valence-corrected chi connectivity index (χ4v) is 6.96. The first-order valence-corrected chi connectivity index (χ1v) is 12.6. The van der Waals surface area contributed by atoms with Crippen molar-refractivity contribution in [3.63, 3.8) is 0 Å². The summed E-state index contributed by atoms with van der Waals surface area (Å²) >= 11 is 37.1.